The molecule has 6 aromatic rings. The van der Waals surface area contributed by atoms with Gasteiger partial charge in [0.05, 0.1) is 17.9 Å². The molecule has 49 heavy (non-hydrogen) atoms. The minimum absolute atomic E-state index is 0.0796. The largest absolute Gasteiger partial charge is 0.612 e. The van der Waals surface area contributed by atoms with E-state index in [9.17, 15) is 18.4 Å². The lowest BCUT2D eigenvalue weighted by Gasteiger charge is -2.15. The lowest BCUT2D eigenvalue weighted by atomic mass is 9.93. The van der Waals surface area contributed by atoms with E-state index in [1.807, 2.05) is 0 Å². The van der Waals surface area contributed by atoms with Gasteiger partial charge in [-0.1, -0.05) is 12.1 Å². The van der Waals surface area contributed by atoms with Crippen LogP contribution in [0.25, 0.3) is 45.0 Å². The first-order valence-corrected chi connectivity index (χ1v) is 15.8. The summed E-state index contributed by atoms with van der Waals surface area (Å²) < 4.78 is 107. The molecule has 3 aromatic carbocycles. The van der Waals surface area contributed by atoms with Gasteiger partial charge in [0.25, 0.3) is 5.89 Å². The summed E-state index contributed by atoms with van der Waals surface area (Å²) in [6.45, 7) is 0.876. The second-order valence-electron chi connectivity index (χ2n) is 10.9. The molecule has 0 radical (unpaired) electrons. The number of alkyl halides is 4. The highest BCUT2D eigenvalue weighted by Crippen LogP contribution is 2.46. The van der Waals surface area contributed by atoms with Gasteiger partial charge in [0.15, 0.2) is 28.0 Å². The fourth-order valence-corrected chi connectivity index (χ4v) is 6.32. The smallest absolute Gasteiger partial charge is 0.586 e. The molecule has 7 rings (SSSR count). The van der Waals surface area contributed by atoms with Gasteiger partial charge in [-0.15, -0.1) is 19.0 Å². The second kappa shape index (κ2) is 11.7. The van der Waals surface area contributed by atoms with Crippen LogP contribution < -0.4 is 9.47 Å². The summed E-state index contributed by atoms with van der Waals surface area (Å²) in [5.41, 5.74) is 1.06. The van der Waals surface area contributed by atoms with Crippen LogP contribution in [-0.2, 0) is 30.8 Å². The topological polar surface area (TPSA) is 145 Å². The predicted octanol–water partition coefficient (Wildman–Crippen LogP) is 6.60. The number of aliphatic hydroxyl groups excluding tert-OH is 1. The Labute approximate surface area is 276 Å². The van der Waals surface area contributed by atoms with E-state index in [0.29, 0.717) is 16.7 Å². The highest BCUT2D eigenvalue weighted by molar-refractivity contribution is 7.90. The molecule has 3 aromatic heterocycles. The van der Waals surface area contributed by atoms with Crippen molar-refractivity contribution in [1.29, 1.82) is 0 Å². The third-order valence-corrected chi connectivity index (χ3v) is 8.72. The summed E-state index contributed by atoms with van der Waals surface area (Å²) in [5, 5.41) is 20.4. The summed E-state index contributed by atoms with van der Waals surface area (Å²) in [7, 11) is 1.44. The summed E-state index contributed by atoms with van der Waals surface area (Å²) in [6, 6.07) is 12.5. The number of hydrogen-bond donors (Lipinski definition) is 1. The fourth-order valence-electron chi connectivity index (χ4n) is 5.52. The first-order valence-electron chi connectivity index (χ1n) is 14.2. The zero-order valence-corrected chi connectivity index (χ0v) is 26.3. The van der Waals surface area contributed by atoms with Crippen LogP contribution >= 0.6 is 0 Å². The minimum atomic E-state index is -3.87. The van der Waals surface area contributed by atoms with Crippen molar-refractivity contribution in [3.63, 3.8) is 0 Å². The zero-order valence-electron chi connectivity index (χ0n) is 25.5. The van der Waals surface area contributed by atoms with E-state index in [1.54, 1.807) is 25.1 Å². The summed E-state index contributed by atoms with van der Waals surface area (Å²) in [4.78, 5) is 4.56. The van der Waals surface area contributed by atoms with Gasteiger partial charge in [-0.05, 0) is 58.7 Å². The third kappa shape index (κ3) is 5.68. The maximum Gasteiger partial charge on any atom is 0.586 e. The van der Waals surface area contributed by atoms with Crippen molar-refractivity contribution in [2.45, 2.75) is 30.6 Å². The van der Waals surface area contributed by atoms with Crippen LogP contribution in [-0.4, -0.2) is 47.2 Å². The second-order valence-corrected chi connectivity index (χ2v) is 12.3. The van der Waals surface area contributed by atoms with Crippen molar-refractivity contribution in [2.75, 3.05) is 6.26 Å². The molecular formula is C32H22F5N5O6S. The predicted molar refractivity (Wildman–Crippen MR) is 161 cm³/mol. The molecule has 0 spiro atoms. The average molecular weight is 700 g/mol. The van der Waals surface area contributed by atoms with Gasteiger partial charge < -0.3 is 28.0 Å². The van der Waals surface area contributed by atoms with Crippen LogP contribution in [0.2, 0.25) is 0 Å². The molecule has 0 aliphatic carbocycles. The molecule has 0 bridgehead atoms. The molecule has 0 saturated carbocycles. The van der Waals surface area contributed by atoms with Crippen molar-refractivity contribution >= 4 is 11.2 Å². The van der Waals surface area contributed by atoms with Crippen molar-refractivity contribution in [3.8, 4) is 56.5 Å². The Morgan fingerprint density at radius 1 is 0.980 bits per heavy atom. The number of aromatic nitrogens is 5. The van der Waals surface area contributed by atoms with Crippen molar-refractivity contribution in [3.05, 3.63) is 89.8 Å². The highest BCUT2D eigenvalue weighted by Gasteiger charge is 2.44. The van der Waals surface area contributed by atoms with Gasteiger partial charge in [0.1, 0.15) is 23.5 Å². The molecule has 1 aliphatic heterocycles. The Hall–Kier alpha value is -5.26. The molecule has 1 atom stereocenters. The summed E-state index contributed by atoms with van der Waals surface area (Å²) in [6.07, 6.45) is -1.75. The summed E-state index contributed by atoms with van der Waals surface area (Å²) >= 11 is -1.67. The van der Waals surface area contributed by atoms with Gasteiger partial charge in [-0.25, -0.2) is 9.37 Å². The molecule has 0 amide bonds. The number of rotatable bonds is 8. The van der Waals surface area contributed by atoms with Gasteiger partial charge in [0.2, 0.25) is 6.39 Å². The maximum atomic E-state index is 15.3. The number of aliphatic hydroxyl groups is 1. The standard InChI is InChI=1S/C32H22F5N5O6S/c1-15-39-28(17-5-7-24-25(10-17)48-32(36,37)47-24)29(46-15)20-8-16(18-9-22(33)21(13-43)26(11-18)49(3)44)4-6-19(20)23-12-27(41-42(23)2)31(34,35)30-40-38-14-45-30/h4-12,14,43H,13H2,1-3H3. The maximum absolute atomic E-state index is 15.3. The first kappa shape index (κ1) is 32.3. The third-order valence-electron chi connectivity index (χ3n) is 7.73. The molecular weight excluding hydrogens is 677 g/mol. The van der Waals surface area contributed by atoms with Crippen LogP contribution in [0.5, 0.6) is 11.5 Å². The van der Waals surface area contributed by atoms with Crippen LogP contribution in [0.3, 0.4) is 0 Å². The van der Waals surface area contributed by atoms with Crippen LogP contribution in [0, 0.1) is 12.7 Å². The van der Waals surface area contributed by atoms with Gasteiger partial charge in [-0.2, -0.15) is 13.9 Å². The quantitative estimate of drug-likeness (QED) is 0.136. The fraction of sp³-hybridized carbons (Fsp3) is 0.188. The van der Waals surface area contributed by atoms with Crippen molar-refractivity contribution in [1.82, 2.24) is 25.0 Å². The van der Waals surface area contributed by atoms with Gasteiger partial charge in [0, 0.05) is 36.7 Å². The number of benzene rings is 3. The summed E-state index contributed by atoms with van der Waals surface area (Å²) in [5.74, 6) is -5.69. The SMILES string of the molecule is Cc1nc(-c2ccc3c(c2)OC(F)(F)O3)c(-c2cc(-c3cc(F)c(CO)c([S+](C)[O-])c3)ccc2-c2cc(C(F)(F)c3nnco3)nn2C)o1. The van der Waals surface area contributed by atoms with Gasteiger partial charge >= 0.3 is 12.2 Å². The first-order chi connectivity index (χ1) is 23.3. The molecule has 0 saturated heterocycles. The van der Waals surface area contributed by atoms with E-state index in [4.69, 9.17) is 8.83 Å². The Morgan fingerprint density at radius 3 is 2.45 bits per heavy atom. The Balaban J connectivity index is 1.44. The van der Waals surface area contributed by atoms with E-state index >= 15 is 13.2 Å². The number of nitrogens with zero attached hydrogens (tertiary/aromatic N) is 5. The number of halogens is 5. The molecule has 17 heteroatoms. The Bertz CT molecular complexity index is 2220. The van der Waals surface area contributed by atoms with E-state index in [1.165, 1.54) is 48.3 Å². The molecule has 1 unspecified atom stereocenters. The van der Waals surface area contributed by atoms with Crippen LogP contribution in [0.15, 0.2) is 74.7 Å². The average Bonchev–Trinajstić information content (AvgIpc) is 3.85. The normalized spacial score (nSPS) is 14.4. The molecule has 1 aliphatic rings. The molecule has 1 N–H and O–H groups in total. The van der Waals surface area contributed by atoms with Crippen molar-refractivity contribution < 1.29 is 49.9 Å². The number of hydrogen-bond acceptors (Lipinski definition) is 10. The van der Waals surface area contributed by atoms with Crippen molar-refractivity contribution in [2.24, 2.45) is 7.05 Å². The van der Waals surface area contributed by atoms with Crippen LogP contribution in [0.4, 0.5) is 22.0 Å². The minimum Gasteiger partial charge on any atom is -0.612 e. The van der Waals surface area contributed by atoms with E-state index in [2.05, 4.69) is 29.8 Å². The Kier molecular flexibility index (Phi) is 7.72. The van der Waals surface area contributed by atoms with E-state index in [0.717, 1.165) is 12.5 Å². The molecule has 4 heterocycles. The zero-order chi connectivity index (χ0) is 34.8. The van der Waals surface area contributed by atoms with E-state index in [-0.39, 0.29) is 56.1 Å². The molecule has 11 nitrogen and oxygen atoms in total. The Morgan fingerprint density at radius 2 is 1.73 bits per heavy atom. The van der Waals surface area contributed by atoms with Crippen LogP contribution in [0.1, 0.15) is 23.0 Å². The number of oxazole rings is 1. The molecule has 0 fully saturated rings. The number of ether oxygens (including phenoxy) is 2. The lowest BCUT2D eigenvalue weighted by Crippen LogP contribution is -2.25. The van der Waals surface area contributed by atoms with Gasteiger partial charge in [-0.3, -0.25) is 4.68 Å². The van der Waals surface area contributed by atoms with E-state index < -0.39 is 47.4 Å². The number of fused-ring (bicyclic) bond motifs is 1. The molecule has 252 valence electrons. The highest BCUT2D eigenvalue weighted by atomic mass is 32.2. The monoisotopic (exact) mass is 699 g/mol. The number of aryl methyl sites for hydroxylation is 2. The lowest BCUT2D eigenvalue weighted by molar-refractivity contribution is -0.286.